The molecule has 170 valence electrons. The Kier molecular flexibility index (Phi) is 6.19. The quantitative estimate of drug-likeness (QED) is 0.294. The molecule has 33 heavy (non-hydrogen) atoms. The van der Waals surface area contributed by atoms with Crippen LogP contribution in [0.15, 0.2) is 59.6 Å². The van der Waals surface area contributed by atoms with Crippen LogP contribution in [0.25, 0.3) is 28.0 Å². The molecule has 0 spiro atoms. The van der Waals surface area contributed by atoms with E-state index in [0.717, 1.165) is 64.0 Å². The van der Waals surface area contributed by atoms with Gasteiger partial charge in [0.05, 0.1) is 25.3 Å². The highest BCUT2D eigenvalue weighted by Gasteiger charge is 2.28. The Bertz CT molecular complexity index is 1290. The van der Waals surface area contributed by atoms with Crippen molar-refractivity contribution >= 4 is 34.8 Å². The number of hydrogen-bond acceptors (Lipinski definition) is 6. The lowest BCUT2D eigenvalue weighted by Gasteiger charge is -2.24. The van der Waals surface area contributed by atoms with Crippen molar-refractivity contribution in [2.75, 3.05) is 31.4 Å². The molecular weight excluding hydrogens is 456 g/mol. The van der Waals surface area contributed by atoms with Crippen molar-refractivity contribution in [3.8, 4) is 28.1 Å². The highest BCUT2D eigenvalue weighted by molar-refractivity contribution is 7.98. The monoisotopic (exact) mass is 480 g/mol. The third-order valence-electron chi connectivity index (χ3n) is 6.13. The van der Waals surface area contributed by atoms with Gasteiger partial charge in [0.15, 0.2) is 5.65 Å². The highest BCUT2D eigenvalue weighted by atomic mass is 35.5. The summed E-state index contributed by atoms with van der Waals surface area (Å²) >= 11 is 7.82. The van der Waals surface area contributed by atoms with Gasteiger partial charge in [-0.05, 0) is 48.9 Å². The summed E-state index contributed by atoms with van der Waals surface area (Å²) in [5, 5.41) is 16.6. The normalized spacial score (nSPS) is 16.0. The van der Waals surface area contributed by atoms with E-state index in [0.29, 0.717) is 5.02 Å². The first-order valence-electron chi connectivity index (χ1n) is 10.9. The van der Waals surface area contributed by atoms with Crippen molar-refractivity contribution in [3.63, 3.8) is 0 Å². The van der Waals surface area contributed by atoms with E-state index in [2.05, 4.69) is 11.0 Å². The summed E-state index contributed by atoms with van der Waals surface area (Å²) in [6, 6.07) is 17.8. The van der Waals surface area contributed by atoms with Crippen molar-refractivity contribution in [1.29, 1.82) is 0 Å². The van der Waals surface area contributed by atoms with Gasteiger partial charge in [-0.2, -0.15) is 5.10 Å². The third kappa shape index (κ3) is 3.94. The second-order valence-corrected chi connectivity index (χ2v) is 9.26. The van der Waals surface area contributed by atoms with Crippen molar-refractivity contribution < 1.29 is 9.84 Å². The Labute approximate surface area is 202 Å². The van der Waals surface area contributed by atoms with E-state index in [-0.39, 0.29) is 12.6 Å². The molecule has 5 rings (SSSR count). The second kappa shape index (κ2) is 9.25. The van der Waals surface area contributed by atoms with Crippen molar-refractivity contribution in [2.24, 2.45) is 0 Å². The number of nitrogens with zero attached hydrogens (tertiary/aromatic N) is 4. The first-order chi connectivity index (χ1) is 16.1. The molecule has 2 aromatic carbocycles. The zero-order valence-corrected chi connectivity index (χ0v) is 20.1. The van der Waals surface area contributed by atoms with Gasteiger partial charge < -0.3 is 14.7 Å². The molecule has 1 fully saturated rings. The molecule has 0 bridgehead atoms. The van der Waals surface area contributed by atoms with Gasteiger partial charge in [-0.15, -0.1) is 11.8 Å². The molecule has 1 aliphatic rings. The number of fused-ring (bicyclic) bond motifs is 1. The minimum absolute atomic E-state index is 0.0882. The van der Waals surface area contributed by atoms with E-state index in [1.807, 2.05) is 59.3 Å². The van der Waals surface area contributed by atoms with Crippen LogP contribution in [0.4, 0.5) is 5.82 Å². The summed E-state index contributed by atoms with van der Waals surface area (Å²) in [7, 11) is 1.67. The largest absolute Gasteiger partial charge is 0.496 e. The van der Waals surface area contributed by atoms with E-state index in [9.17, 15) is 5.11 Å². The smallest absolute Gasteiger partial charge is 0.167 e. The molecule has 0 unspecified atom stereocenters. The molecule has 6 nitrogen and oxygen atoms in total. The molecule has 0 aliphatic carbocycles. The Morgan fingerprint density at radius 1 is 1.18 bits per heavy atom. The zero-order valence-electron chi connectivity index (χ0n) is 18.5. The van der Waals surface area contributed by atoms with Gasteiger partial charge in [0, 0.05) is 23.2 Å². The van der Waals surface area contributed by atoms with Crippen LogP contribution in [0.1, 0.15) is 12.8 Å². The molecule has 1 aliphatic heterocycles. The molecule has 0 saturated carbocycles. The van der Waals surface area contributed by atoms with Gasteiger partial charge in [-0.25, -0.2) is 9.50 Å². The maximum Gasteiger partial charge on any atom is 0.167 e. The van der Waals surface area contributed by atoms with Gasteiger partial charge in [0.25, 0.3) is 0 Å². The first kappa shape index (κ1) is 22.1. The fourth-order valence-electron chi connectivity index (χ4n) is 4.51. The third-order valence-corrected chi connectivity index (χ3v) is 7.09. The molecule has 1 N–H and O–H groups in total. The number of aromatic nitrogens is 3. The lowest BCUT2D eigenvalue weighted by molar-refractivity contribution is 0.266. The number of aliphatic hydroxyl groups excluding tert-OH is 1. The van der Waals surface area contributed by atoms with Crippen molar-refractivity contribution in [2.45, 2.75) is 23.9 Å². The van der Waals surface area contributed by atoms with Gasteiger partial charge in [0.1, 0.15) is 22.3 Å². The molecule has 1 saturated heterocycles. The van der Waals surface area contributed by atoms with Gasteiger partial charge >= 0.3 is 0 Å². The van der Waals surface area contributed by atoms with Crippen LogP contribution in [0, 0.1) is 0 Å². The Morgan fingerprint density at radius 2 is 1.97 bits per heavy atom. The lowest BCUT2D eigenvalue weighted by Crippen LogP contribution is -2.32. The number of methoxy groups -OCH3 is 1. The molecule has 0 radical (unpaired) electrons. The lowest BCUT2D eigenvalue weighted by atomic mass is 10.0. The molecular formula is C25H25ClN4O2S. The van der Waals surface area contributed by atoms with Gasteiger partial charge in [-0.1, -0.05) is 35.9 Å². The minimum atomic E-state index is 0.0882. The summed E-state index contributed by atoms with van der Waals surface area (Å²) in [4.78, 5) is 7.30. The van der Waals surface area contributed by atoms with Crippen molar-refractivity contribution in [1.82, 2.24) is 14.6 Å². The summed E-state index contributed by atoms with van der Waals surface area (Å²) in [6.45, 7) is 1.00. The molecule has 0 amide bonds. The van der Waals surface area contributed by atoms with E-state index >= 15 is 0 Å². The number of thioether (sulfide) groups is 1. The predicted molar refractivity (Wildman–Crippen MR) is 135 cm³/mol. The maximum atomic E-state index is 9.89. The topological polar surface area (TPSA) is 62.9 Å². The fraction of sp³-hybridized carbons (Fsp3) is 0.280. The van der Waals surface area contributed by atoms with Crippen LogP contribution in [0.5, 0.6) is 5.75 Å². The zero-order chi connectivity index (χ0) is 22.9. The van der Waals surface area contributed by atoms with Crippen LogP contribution in [0.3, 0.4) is 0 Å². The summed E-state index contributed by atoms with van der Waals surface area (Å²) < 4.78 is 7.57. The number of halogens is 1. The van der Waals surface area contributed by atoms with E-state index in [1.165, 1.54) is 0 Å². The number of hydrogen-bond donors (Lipinski definition) is 1. The highest BCUT2D eigenvalue weighted by Crippen LogP contribution is 2.41. The minimum Gasteiger partial charge on any atom is -0.496 e. The van der Waals surface area contributed by atoms with Gasteiger partial charge in [0.2, 0.25) is 0 Å². The van der Waals surface area contributed by atoms with E-state index in [1.54, 1.807) is 18.9 Å². The summed E-state index contributed by atoms with van der Waals surface area (Å²) in [5.41, 5.74) is 4.37. The molecule has 1 atom stereocenters. The molecule has 4 aromatic rings. The summed E-state index contributed by atoms with van der Waals surface area (Å²) in [5.74, 6) is 1.62. The maximum absolute atomic E-state index is 9.89. The first-order valence-corrected chi connectivity index (χ1v) is 12.5. The number of benzene rings is 2. The van der Waals surface area contributed by atoms with E-state index in [4.69, 9.17) is 26.4 Å². The van der Waals surface area contributed by atoms with Crippen molar-refractivity contribution in [3.05, 3.63) is 59.6 Å². The number of para-hydroxylation sites is 1. The number of rotatable bonds is 6. The van der Waals surface area contributed by atoms with E-state index < -0.39 is 0 Å². The Morgan fingerprint density at radius 3 is 2.70 bits per heavy atom. The Hall–Kier alpha value is -2.74. The SMILES string of the molecule is COc1ccccc1-c1nn2c(SC)cc(N3CCC[C@H]3CO)nc2c1-c1ccc(Cl)cc1. The fourth-order valence-corrected chi connectivity index (χ4v) is 5.16. The average molecular weight is 481 g/mol. The predicted octanol–water partition coefficient (Wildman–Crippen LogP) is 5.41. The summed E-state index contributed by atoms with van der Waals surface area (Å²) in [6.07, 6.45) is 4.05. The molecule has 2 aromatic heterocycles. The number of ether oxygens (including phenoxy) is 1. The van der Waals surface area contributed by atoms with Crippen LogP contribution >= 0.6 is 23.4 Å². The molecule has 3 heterocycles. The van der Waals surface area contributed by atoms with Gasteiger partial charge in [-0.3, -0.25) is 0 Å². The van der Waals surface area contributed by atoms with Crippen LogP contribution < -0.4 is 9.64 Å². The number of aliphatic hydroxyl groups is 1. The molecule has 8 heteroatoms. The van der Waals surface area contributed by atoms with Crippen LogP contribution in [-0.4, -0.2) is 52.3 Å². The second-order valence-electron chi connectivity index (χ2n) is 7.99. The van der Waals surface area contributed by atoms with Crippen LogP contribution in [-0.2, 0) is 0 Å². The average Bonchev–Trinajstić information content (AvgIpc) is 3.48. The standard InChI is InChI=1S/C25H25ClN4O2S/c1-32-20-8-4-3-7-19(20)24-23(16-9-11-17(26)12-10-16)25-27-21(14-22(33-2)30(25)28-24)29-13-5-6-18(29)15-31/h3-4,7-12,14,18,31H,5-6,13,15H2,1-2H3/t18-/m0/s1. The number of anilines is 1. The Balaban J connectivity index is 1.81. The van der Waals surface area contributed by atoms with Crippen LogP contribution in [0.2, 0.25) is 5.02 Å².